The first kappa shape index (κ1) is 14.5. The average Bonchev–Trinajstić information content (AvgIpc) is 2.75. The van der Waals surface area contributed by atoms with Gasteiger partial charge >= 0.3 is 0 Å². The second-order valence-corrected chi connectivity index (χ2v) is 6.22. The highest BCUT2D eigenvalue weighted by molar-refractivity contribution is 4.91. The van der Waals surface area contributed by atoms with Gasteiger partial charge in [0.1, 0.15) is 5.82 Å². The predicted octanol–water partition coefficient (Wildman–Crippen LogP) is 1.88. The Morgan fingerprint density at radius 1 is 1.47 bits per heavy atom. The summed E-state index contributed by atoms with van der Waals surface area (Å²) in [5.41, 5.74) is 0. The standard InChI is InChI=1S/C15H28N4/c1-12-5-6-14(16-2)13(9-12)10-18(3)11-15-17-7-8-19(15)4/h7-8,12-14,16H,5-6,9-11H2,1-4H3. The Balaban J connectivity index is 1.89. The number of aryl methyl sites for hydroxylation is 1. The molecule has 3 unspecified atom stereocenters. The van der Waals surface area contributed by atoms with Crippen LogP contribution >= 0.6 is 0 Å². The number of imidazole rings is 1. The minimum Gasteiger partial charge on any atom is -0.337 e. The highest BCUT2D eigenvalue weighted by Gasteiger charge is 2.28. The summed E-state index contributed by atoms with van der Waals surface area (Å²) in [4.78, 5) is 6.82. The van der Waals surface area contributed by atoms with Crippen LogP contribution in [0.25, 0.3) is 0 Å². The molecular weight excluding hydrogens is 236 g/mol. The summed E-state index contributed by atoms with van der Waals surface area (Å²) in [6, 6.07) is 0.681. The van der Waals surface area contributed by atoms with Gasteiger partial charge in [-0.15, -0.1) is 0 Å². The quantitative estimate of drug-likeness (QED) is 0.881. The van der Waals surface area contributed by atoms with Crippen LogP contribution in [0.3, 0.4) is 0 Å². The summed E-state index contributed by atoms with van der Waals surface area (Å²) in [6.45, 7) is 4.48. The topological polar surface area (TPSA) is 33.1 Å². The molecule has 1 saturated carbocycles. The van der Waals surface area contributed by atoms with Gasteiger partial charge in [-0.3, -0.25) is 4.90 Å². The van der Waals surface area contributed by atoms with Crippen molar-refractivity contribution in [2.75, 3.05) is 20.6 Å². The Hall–Kier alpha value is -0.870. The molecule has 1 N–H and O–H groups in total. The molecule has 3 atom stereocenters. The fourth-order valence-corrected chi connectivity index (χ4v) is 3.34. The van der Waals surface area contributed by atoms with Gasteiger partial charge in [-0.2, -0.15) is 0 Å². The maximum Gasteiger partial charge on any atom is 0.122 e. The van der Waals surface area contributed by atoms with Crippen LogP contribution in [0.15, 0.2) is 12.4 Å². The molecule has 1 fully saturated rings. The average molecular weight is 264 g/mol. The number of hydrogen-bond acceptors (Lipinski definition) is 3. The lowest BCUT2D eigenvalue weighted by atomic mass is 9.78. The van der Waals surface area contributed by atoms with Crippen molar-refractivity contribution in [1.29, 1.82) is 0 Å². The van der Waals surface area contributed by atoms with E-state index >= 15 is 0 Å². The summed E-state index contributed by atoms with van der Waals surface area (Å²) in [5.74, 6) is 2.78. The summed E-state index contributed by atoms with van der Waals surface area (Å²) in [5, 5.41) is 3.50. The van der Waals surface area contributed by atoms with Crippen LogP contribution in [-0.4, -0.2) is 41.1 Å². The molecule has 0 aromatic carbocycles. The molecule has 1 aromatic heterocycles. The number of nitrogens with one attached hydrogen (secondary N) is 1. The number of rotatable bonds is 5. The third-order valence-electron chi connectivity index (χ3n) is 4.49. The van der Waals surface area contributed by atoms with Crippen LogP contribution in [0.2, 0.25) is 0 Å². The molecular formula is C15H28N4. The molecule has 2 rings (SSSR count). The molecule has 19 heavy (non-hydrogen) atoms. The lowest BCUT2D eigenvalue weighted by Crippen LogP contribution is -2.43. The Labute approximate surface area is 117 Å². The van der Waals surface area contributed by atoms with Gasteiger partial charge in [0, 0.05) is 32.0 Å². The molecule has 4 nitrogen and oxygen atoms in total. The fourth-order valence-electron chi connectivity index (χ4n) is 3.34. The molecule has 0 aliphatic heterocycles. The highest BCUT2D eigenvalue weighted by atomic mass is 15.2. The summed E-state index contributed by atoms with van der Waals surface area (Å²) >= 11 is 0. The van der Waals surface area contributed by atoms with Crippen LogP contribution in [0.4, 0.5) is 0 Å². The molecule has 0 saturated heterocycles. The Morgan fingerprint density at radius 3 is 2.89 bits per heavy atom. The first-order chi connectivity index (χ1) is 9.10. The maximum absolute atomic E-state index is 4.41. The minimum absolute atomic E-state index is 0.681. The highest BCUT2D eigenvalue weighted by Crippen LogP contribution is 2.29. The molecule has 1 aromatic rings. The molecule has 0 amide bonds. The molecule has 1 heterocycles. The van der Waals surface area contributed by atoms with E-state index < -0.39 is 0 Å². The maximum atomic E-state index is 4.41. The predicted molar refractivity (Wildman–Crippen MR) is 78.9 cm³/mol. The molecule has 108 valence electrons. The Morgan fingerprint density at radius 2 is 2.26 bits per heavy atom. The smallest absolute Gasteiger partial charge is 0.122 e. The number of nitrogens with zero attached hydrogens (tertiary/aromatic N) is 3. The molecule has 1 aliphatic rings. The van der Waals surface area contributed by atoms with E-state index in [1.807, 2.05) is 12.4 Å². The van der Waals surface area contributed by atoms with Gasteiger partial charge in [0.15, 0.2) is 0 Å². The molecule has 0 spiro atoms. The van der Waals surface area contributed by atoms with Crippen molar-refractivity contribution < 1.29 is 0 Å². The van der Waals surface area contributed by atoms with Gasteiger partial charge in [0.25, 0.3) is 0 Å². The van der Waals surface area contributed by atoms with Crippen molar-refractivity contribution in [2.45, 2.75) is 38.8 Å². The van der Waals surface area contributed by atoms with Crippen LogP contribution in [0.1, 0.15) is 32.0 Å². The Bertz CT molecular complexity index is 387. The summed E-state index contributed by atoms with van der Waals surface area (Å²) < 4.78 is 2.11. The van der Waals surface area contributed by atoms with E-state index in [-0.39, 0.29) is 0 Å². The zero-order valence-corrected chi connectivity index (χ0v) is 12.8. The molecule has 0 bridgehead atoms. The third kappa shape index (κ3) is 3.80. The van der Waals surface area contributed by atoms with Crippen LogP contribution in [0, 0.1) is 11.8 Å². The first-order valence-electron chi connectivity index (χ1n) is 7.42. The second-order valence-electron chi connectivity index (χ2n) is 6.22. The molecule has 4 heteroatoms. The first-order valence-corrected chi connectivity index (χ1v) is 7.42. The second kappa shape index (κ2) is 6.53. The molecule has 1 aliphatic carbocycles. The number of hydrogen-bond donors (Lipinski definition) is 1. The molecule has 0 radical (unpaired) electrons. The fraction of sp³-hybridized carbons (Fsp3) is 0.800. The van der Waals surface area contributed by atoms with Crippen LogP contribution in [0.5, 0.6) is 0 Å². The van der Waals surface area contributed by atoms with Crippen molar-refractivity contribution in [3.8, 4) is 0 Å². The number of aromatic nitrogens is 2. The third-order valence-corrected chi connectivity index (χ3v) is 4.49. The zero-order chi connectivity index (χ0) is 13.8. The van der Waals surface area contributed by atoms with Crippen molar-refractivity contribution in [2.24, 2.45) is 18.9 Å². The van der Waals surface area contributed by atoms with Crippen molar-refractivity contribution in [1.82, 2.24) is 19.8 Å². The summed E-state index contributed by atoms with van der Waals surface area (Å²) in [7, 11) is 6.38. The van der Waals surface area contributed by atoms with Gasteiger partial charge in [-0.1, -0.05) is 6.92 Å². The van der Waals surface area contributed by atoms with Crippen LogP contribution in [-0.2, 0) is 13.6 Å². The van der Waals surface area contributed by atoms with Crippen molar-refractivity contribution >= 4 is 0 Å². The van der Waals surface area contributed by atoms with Gasteiger partial charge in [0.2, 0.25) is 0 Å². The van der Waals surface area contributed by atoms with E-state index in [1.54, 1.807) is 0 Å². The van der Waals surface area contributed by atoms with Crippen LogP contribution < -0.4 is 5.32 Å². The van der Waals surface area contributed by atoms with E-state index in [0.29, 0.717) is 6.04 Å². The van der Waals surface area contributed by atoms with Gasteiger partial charge < -0.3 is 9.88 Å². The lowest BCUT2D eigenvalue weighted by Gasteiger charge is -2.37. The minimum atomic E-state index is 0.681. The largest absolute Gasteiger partial charge is 0.337 e. The van der Waals surface area contributed by atoms with E-state index in [4.69, 9.17) is 0 Å². The normalized spacial score (nSPS) is 27.9. The van der Waals surface area contributed by atoms with Gasteiger partial charge in [-0.25, -0.2) is 4.98 Å². The van der Waals surface area contributed by atoms with E-state index in [2.05, 4.69) is 47.8 Å². The van der Waals surface area contributed by atoms with Gasteiger partial charge in [0.05, 0.1) is 6.54 Å². The monoisotopic (exact) mass is 264 g/mol. The van der Waals surface area contributed by atoms with E-state index in [9.17, 15) is 0 Å². The zero-order valence-electron chi connectivity index (χ0n) is 12.8. The van der Waals surface area contributed by atoms with Crippen molar-refractivity contribution in [3.05, 3.63) is 18.2 Å². The Kier molecular flexibility index (Phi) is 4.99. The lowest BCUT2D eigenvalue weighted by molar-refractivity contribution is 0.159. The van der Waals surface area contributed by atoms with Gasteiger partial charge in [-0.05, 0) is 45.2 Å². The van der Waals surface area contributed by atoms with E-state index in [1.165, 1.54) is 19.3 Å². The van der Waals surface area contributed by atoms with Crippen molar-refractivity contribution in [3.63, 3.8) is 0 Å². The van der Waals surface area contributed by atoms with E-state index in [0.717, 1.165) is 30.7 Å². The summed E-state index contributed by atoms with van der Waals surface area (Å²) in [6.07, 6.45) is 7.92. The SMILES string of the molecule is CNC1CCC(C)CC1CN(C)Cc1nccn1C.